The largest absolute Gasteiger partial charge is 0.429 e. The number of benzene rings is 2. The van der Waals surface area contributed by atoms with Crippen molar-refractivity contribution < 1.29 is 23.6 Å². The number of rotatable bonds is 6. The molecule has 3 atom stereocenters. The Morgan fingerprint density at radius 1 is 1.12 bits per heavy atom. The third-order valence-electron chi connectivity index (χ3n) is 6.47. The molecule has 2 heterocycles. The zero-order valence-electron chi connectivity index (χ0n) is 18.0. The fraction of sp³-hybridized carbons (Fsp3) is 0.292. The molecule has 1 aliphatic carbocycles. The van der Waals surface area contributed by atoms with Gasteiger partial charge >= 0.3 is 6.09 Å². The van der Waals surface area contributed by atoms with Gasteiger partial charge in [0.25, 0.3) is 0 Å². The van der Waals surface area contributed by atoms with Crippen molar-refractivity contribution in [2.75, 3.05) is 0 Å². The molecule has 1 aromatic heterocycles. The predicted octanol–water partition coefficient (Wildman–Crippen LogP) is 2.79. The maximum absolute atomic E-state index is 14.2. The number of halogens is 2. The number of primary amides is 1. The predicted molar refractivity (Wildman–Crippen MR) is 122 cm³/mol. The number of piperidine rings is 1. The van der Waals surface area contributed by atoms with E-state index in [9.17, 15) is 18.8 Å². The van der Waals surface area contributed by atoms with Crippen LogP contribution in [-0.2, 0) is 22.6 Å². The number of aromatic nitrogens is 1. The lowest BCUT2D eigenvalue weighted by Gasteiger charge is -2.27. The van der Waals surface area contributed by atoms with Crippen LogP contribution in [0.15, 0.2) is 48.7 Å². The van der Waals surface area contributed by atoms with E-state index in [1.807, 2.05) is 12.1 Å². The van der Waals surface area contributed by atoms with Crippen LogP contribution < -0.4 is 15.9 Å². The number of nitrogens with zero attached hydrogens (tertiary/aromatic N) is 2. The average Bonchev–Trinajstić information content (AvgIpc) is 3.34. The van der Waals surface area contributed by atoms with Crippen molar-refractivity contribution in [3.05, 3.63) is 70.6 Å². The Labute approximate surface area is 199 Å². The molecule has 1 saturated carbocycles. The molecule has 1 aliphatic heterocycles. The summed E-state index contributed by atoms with van der Waals surface area (Å²) in [6.45, 7) is -0.0168. The van der Waals surface area contributed by atoms with E-state index >= 15 is 0 Å². The van der Waals surface area contributed by atoms with Crippen molar-refractivity contribution in [2.45, 2.75) is 37.9 Å². The van der Waals surface area contributed by atoms with Gasteiger partial charge in [0.2, 0.25) is 11.8 Å². The molecular formula is C24H22ClFN4O4. The van der Waals surface area contributed by atoms with E-state index in [1.165, 1.54) is 10.8 Å². The van der Waals surface area contributed by atoms with E-state index in [0.29, 0.717) is 23.4 Å². The smallest absolute Gasteiger partial charge is 0.350 e. The molecule has 0 unspecified atom stereocenters. The van der Waals surface area contributed by atoms with Crippen LogP contribution in [0.2, 0.25) is 5.02 Å². The van der Waals surface area contributed by atoms with Crippen molar-refractivity contribution in [3.63, 3.8) is 0 Å². The molecular weight excluding hydrogens is 463 g/mol. The lowest BCUT2D eigenvalue weighted by atomic mass is 10.1. The Hall–Kier alpha value is -3.59. The normalized spacial score (nSPS) is 20.8. The van der Waals surface area contributed by atoms with Gasteiger partial charge in [-0.1, -0.05) is 41.9 Å². The Bertz CT molecular complexity index is 1310. The van der Waals surface area contributed by atoms with Crippen LogP contribution in [0.5, 0.6) is 0 Å². The average molecular weight is 485 g/mol. The van der Waals surface area contributed by atoms with Crippen molar-refractivity contribution in [3.8, 4) is 0 Å². The van der Waals surface area contributed by atoms with Crippen molar-refractivity contribution >= 4 is 40.4 Å². The van der Waals surface area contributed by atoms with E-state index in [0.717, 1.165) is 11.8 Å². The quantitative estimate of drug-likeness (QED) is 0.561. The van der Waals surface area contributed by atoms with Gasteiger partial charge in [-0.3, -0.25) is 9.59 Å². The number of carbonyl (C=O) groups is 3. The fourth-order valence-electron chi connectivity index (χ4n) is 4.82. The van der Waals surface area contributed by atoms with Gasteiger partial charge in [0.15, 0.2) is 0 Å². The summed E-state index contributed by atoms with van der Waals surface area (Å²) >= 11 is 5.82. The summed E-state index contributed by atoms with van der Waals surface area (Å²) in [6.07, 6.45) is 2.07. The van der Waals surface area contributed by atoms with E-state index < -0.39 is 18.0 Å². The highest BCUT2D eigenvalue weighted by molar-refractivity contribution is 6.30. The number of nitrogens with two attached hydrogens (primary N) is 1. The summed E-state index contributed by atoms with van der Waals surface area (Å²) in [6, 6.07) is 11.2. The minimum Gasteiger partial charge on any atom is -0.350 e. The van der Waals surface area contributed by atoms with Gasteiger partial charge in [-0.25, -0.2) is 9.18 Å². The molecule has 3 amide bonds. The Kier molecular flexibility index (Phi) is 5.65. The third-order valence-corrected chi connectivity index (χ3v) is 6.76. The number of hydrogen-bond acceptors (Lipinski definition) is 4. The highest BCUT2D eigenvalue weighted by atomic mass is 35.5. The van der Waals surface area contributed by atoms with Gasteiger partial charge in [-0.2, -0.15) is 4.73 Å². The second-order valence-corrected chi connectivity index (χ2v) is 9.04. The fourth-order valence-corrected chi connectivity index (χ4v) is 5.01. The molecule has 2 aromatic carbocycles. The van der Waals surface area contributed by atoms with Gasteiger partial charge in [-0.15, -0.1) is 0 Å². The highest BCUT2D eigenvalue weighted by Crippen LogP contribution is 2.48. The number of carbonyl (C=O) groups excluding carboxylic acids is 3. The number of likely N-dealkylation sites (tertiary alicyclic amines) is 1. The van der Waals surface area contributed by atoms with E-state index in [-0.39, 0.29) is 41.4 Å². The van der Waals surface area contributed by atoms with Gasteiger partial charge in [0, 0.05) is 29.7 Å². The first kappa shape index (κ1) is 22.2. The molecule has 0 bridgehead atoms. The SMILES string of the molecule is NC(=O)On1cc(CC(=O)N2[C@@H]3C[C@@H]3C[C@H]2C(=O)NCc2cccc(Cl)c2F)c2ccccc21. The van der Waals surface area contributed by atoms with E-state index in [2.05, 4.69) is 5.32 Å². The topological polar surface area (TPSA) is 107 Å². The molecule has 0 radical (unpaired) electrons. The molecule has 34 heavy (non-hydrogen) atoms. The monoisotopic (exact) mass is 484 g/mol. The van der Waals surface area contributed by atoms with E-state index in [4.69, 9.17) is 22.2 Å². The van der Waals surface area contributed by atoms with E-state index in [1.54, 1.807) is 35.4 Å². The summed E-state index contributed by atoms with van der Waals surface area (Å²) in [5.41, 5.74) is 6.70. The molecule has 3 N–H and O–H groups in total. The molecule has 8 nitrogen and oxygen atoms in total. The summed E-state index contributed by atoms with van der Waals surface area (Å²) < 4.78 is 15.4. The van der Waals surface area contributed by atoms with Gasteiger partial charge in [0.1, 0.15) is 11.9 Å². The molecule has 2 aliphatic rings. The highest BCUT2D eigenvalue weighted by Gasteiger charge is 2.55. The van der Waals surface area contributed by atoms with Crippen LogP contribution in [0.4, 0.5) is 9.18 Å². The molecule has 0 spiro atoms. The maximum Gasteiger partial charge on any atom is 0.429 e. The zero-order valence-corrected chi connectivity index (χ0v) is 18.8. The Morgan fingerprint density at radius 2 is 1.91 bits per heavy atom. The number of amides is 3. The first-order chi connectivity index (χ1) is 16.3. The summed E-state index contributed by atoms with van der Waals surface area (Å²) in [7, 11) is 0. The lowest BCUT2D eigenvalue weighted by Crippen LogP contribution is -2.48. The standard InChI is InChI=1S/C24H22ClFN4O4/c25-17-6-3-4-13(22(17)26)11-28-23(32)20-9-14-8-19(14)30(20)21(31)10-15-12-29(34-24(27)33)18-7-2-1-5-16(15)18/h1-7,12,14,19-20H,8-11H2,(H2,27,33)(H,28,32)/t14-,19-,20+/m1/s1. The van der Waals surface area contributed by atoms with Gasteiger partial charge < -0.3 is 20.8 Å². The number of fused-ring (bicyclic) bond motifs is 2. The first-order valence-corrected chi connectivity index (χ1v) is 11.3. The molecule has 5 rings (SSSR count). The molecule has 176 valence electrons. The van der Waals surface area contributed by atoms with Crippen LogP contribution in [0.1, 0.15) is 24.0 Å². The molecule has 10 heteroatoms. The van der Waals surface area contributed by atoms with Crippen LogP contribution in [0.3, 0.4) is 0 Å². The second-order valence-electron chi connectivity index (χ2n) is 8.63. The van der Waals surface area contributed by atoms with Crippen LogP contribution in [-0.4, -0.2) is 39.6 Å². The zero-order chi connectivity index (χ0) is 24.0. The van der Waals surface area contributed by atoms with Crippen molar-refractivity contribution in [2.24, 2.45) is 11.7 Å². The number of hydrogen-bond donors (Lipinski definition) is 2. The maximum atomic E-state index is 14.2. The minimum absolute atomic E-state index is 0.00913. The summed E-state index contributed by atoms with van der Waals surface area (Å²) in [4.78, 5) is 44.2. The minimum atomic E-state index is -0.966. The van der Waals surface area contributed by atoms with Gasteiger partial charge in [-0.05, 0) is 36.5 Å². The summed E-state index contributed by atoms with van der Waals surface area (Å²) in [5, 5.41) is 3.49. The van der Waals surface area contributed by atoms with Crippen LogP contribution >= 0.6 is 11.6 Å². The molecule has 3 aromatic rings. The molecule has 1 saturated heterocycles. The number of para-hydroxylation sites is 1. The number of nitrogens with one attached hydrogen (secondary N) is 1. The summed E-state index contributed by atoms with van der Waals surface area (Å²) in [5.74, 6) is -0.788. The van der Waals surface area contributed by atoms with Crippen molar-refractivity contribution in [1.82, 2.24) is 14.9 Å². The Morgan fingerprint density at radius 3 is 2.71 bits per heavy atom. The third kappa shape index (κ3) is 4.07. The van der Waals surface area contributed by atoms with Crippen LogP contribution in [0.25, 0.3) is 10.9 Å². The van der Waals surface area contributed by atoms with Crippen molar-refractivity contribution in [1.29, 1.82) is 0 Å². The van der Waals surface area contributed by atoms with Gasteiger partial charge in [0.05, 0.1) is 17.0 Å². The second kappa shape index (κ2) is 8.64. The Balaban J connectivity index is 1.32. The molecule has 2 fully saturated rings. The first-order valence-electron chi connectivity index (χ1n) is 10.9. The lowest BCUT2D eigenvalue weighted by molar-refractivity contribution is -0.139. The van der Waals surface area contributed by atoms with Crippen LogP contribution in [0, 0.1) is 11.7 Å².